The molecule has 1 aromatic carbocycles. The molecule has 2 heterocycles. The fourth-order valence-electron chi connectivity index (χ4n) is 2.92. The van der Waals surface area contributed by atoms with Crippen molar-refractivity contribution in [1.82, 2.24) is 19.8 Å². The van der Waals surface area contributed by atoms with Gasteiger partial charge in [-0.2, -0.15) is 0 Å². The van der Waals surface area contributed by atoms with Gasteiger partial charge in [0.1, 0.15) is 5.69 Å². The summed E-state index contributed by atoms with van der Waals surface area (Å²) < 4.78 is 10.6. The van der Waals surface area contributed by atoms with Gasteiger partial charge < -0.3 is 14.4 Å². The first-order valence-electron chi connectivity index (χ1n) is 8.20. The summed E-state index contributed by atoms with van der Waals surface area (Å²) >= 11 is 0. The van der Waals surface area contributed by atoms with Crippen molar-refractivity contribution in [2.45, 2.75) is 6.54 Å². The lowest BCUT2D eigenvalue weighted by Crippen LogP contribution is -2.48. The molecule has 132 valence electrons. The highest BCUT2D eigenvalue weighted by Gasteiger charge is 2.23. The molecule has 1 aromatic heterocycles. The summed E-state index contributed by atoms with van der Waals surface area (Å²) in [6.07, 6.45) is 4.62. The van der Waals surface area contributed by atoms with E-state index in [-0.39, 0.29) is 5.91 Å². The molecule has 7 nitrogen and oxygen atoms in total. The van der Waals surface area contributed by atoms with Crippen LogP contribution in [0, 0.1) is 0 Å². The molecule has 1 aliphatic rings. The number of aromatic nitrogens is 2. The van der Waals surface area contributed by atoms with Crippen LogP contribution in [-0.4, -0.2) is 66.1 Å². The molecule has 0 aliphatic carbocycles. The van der Waals surface area contributed by atoms with Gasteiger partial charge in [-0.25, -0.2) is 4.98 Å². The molecule has 1 saturated heterocycles. The van der Waals surface area contributed by atoms with Crippen molar-refractivity contribution in [3.8, 4) is 11.5 Å². The molecule has 0 radical (unpaired) electrons. The van der Waals surface area contributed by atoms with E-state index in [0.717, 1.165) is 36.7 Å². The van der Waals surface area contributed by atoms with Crippen molar-refractivity contribution in [3.05, 3.63) is 48.0 Å². The molecule has 0 bridgehead atoms. The molecule has 1 amide bonds. The molecule has 2 aromatic rings. The number of nitrogens with zero attached hydrogens (tertiary/aromatic N) is 4. The first-order valence-corrected chi connectivity index (χ1v) is 8.20. The smallest absolute Gasteiger partial charge is 0.274 e. The molecule has 0 N–H and O–H groups in total. The van der Waals surface area contributed by atoms with Crippen molar-refractivity contribution in [2.75, 3.05) is 40.4 Å². The Labute approximate surface area is 147 Å². The summed E-state index contributed by atoms with van der Waals surface area (Å²) in [5, 5.41) is 0. The number of carbonyl (C=O) groups excluding carboxylic acids is 1. The Morgan fingerprint density at radius 3 is 2.48 bits per heavy atom. The van der Waals surface area contributed by atoms with Crippen LogP contribution in [0.4, 0.5) is 0 Å². The number of hydrogen-bond donors (Lipinski definition) is 0. The van der Waals surface area contributed by atoms with Crippen LogP contribution >= 0.6 is 0 Å². The van der Waals surface area contributed by atoms with Gasteiger partial charge in [0.15, 0.2) is 11.5 Å². The fourth-order valence-corrected chi connectivity index (χ4v) is 2.92. The highest BCUT2D eigenvalue weighted by Crippen LogP contribution is 2.28. The van der Waals surface area contributed by atoms with Gasteiger partial charge >= 0.3 is 0 Å². The lowest BCUT2D eigenvalue weighted by molar-refractivity contribution is 0.0622. The van der Waals surface area contributed by atoms with Crippen LogP contribution in [0.25, 0.3) is 0 Å². The third-order valence-corrected chi connectivity index (χ3v) is 4.30. The summed E-state index contributed by atoms with van der Waals surface area (Å²) in [7, 11) is 3.27. The van der Waals surface area contributed by atoms with Crippen LogP contribution in [0.15, 0.2) is 36.8 Å². The summed E-state index contributed by atoms with van der Waals surface area (Å²) in [6.45, 7) is 3.82. The Hall–Kier alpha value is -2.67. The van der Waals surface area contributed by atoms with Crippen LogP contribution in [0.3, 0.4) is 0 Å². The molecule has 1 fully saturated rings. The molecular formula is C18H22N4O3. The van der Waals surface area contributed by atoms with Crippen molar-refractivity contribution in [3.63, 3.8) is 0 Å². The van der Waals surface area contributed by atoms with E-state index >= 15 is 0 Å². The minimum Gasteiger partial charge on any atom is -0.493 e. The number of carbonyl (C=O) groups is 1. The van der Waals surface area contributed by atoms with E-state index < -0.39 is 0 Å². The fraction of sp³-hybridized carbons (Fsp3) is 0.389. The van der Waals surface area contributed by atoms with E-state index in [1.807, 2.05) is 23.1 Å². The van der Waals surface area contributed by atoms with Gasteiger partial charge in [0, 0.05) is 45.1 Å². The van der Waals surface area contributed by atoms with Gasteiger partial charge in [0.05, 0.1) is 20.4 Å². The Morgan fingerprint density at radius 1 is 1.08 bits per heavy atom. The second-order valence-corrected chi connectivity index (χ2v) is 5.85. The molecular weight excluding hydrogens is 320 g/mol. The minimum atomic E-state index is -0.0566. The Morgan fingerprint density at radius 2 is 1.84 bits per heavy atom. The van der Waals surface area contributed by atoms with Crippen LogP contribution < -0.4 is 9.47 Å². The Bertz CT molecular complexity index is 716. The van der Waals surface area contributed by atoms with E-state index in [9.17, 15) is 4.79 Å². The van der Waals surface area contributed by atoms with Gasteiger partial charge in [-0.3, -0.25) is 14.7 Å². The zero-order valence-corrected chi connectivity index (χ0v) is 14.5. The predicted octanol–water partition coefficient (Wildman–Crippen LogP) is 1.45. The minimum absolute atomic E-state index is 0.0566. The zero-order chi connectivity index (χ0) is 17.6. The maximum Gasteiger partial charge on any atom is 0.274 e. The van der Waals surface area contributed by atoms with Gasteiger partial charge in [-0.15, -0.1) is 0 Å². The number of benzene rings is 1. The predicted molar refractivity (Wildman–Crippen MR) is 92.8 cm³/mol. The molecule has 0 atom stereocenters. The lowest BCUT2D eigenvalue weighted by atomic mass is 10.1. The van der Waals surface area contributed by atoms with Crippen LogP contribution in [0.5, 0.6) is 11.5 Å². The van der Waals surface area contributed by atoms with E-state index in [4.69, 9.17) is 9.47 Å². The maximum atomic E-state index is 12.4. The molecule has 3 rings (SSSR count). The third kappa shape index (κ3) is 4.06. The first kappa shape index (κ1) is 17.2. The van der Waals surface area contributed by atoms with E-state index in [2.05, 4.69) is 14.9 Å². The summed E-state index contributed by atoms with van der Waals surface area (Å²) in [5.41, 5.74) is 1.56. The largest absolute Gasteiger partial charge is 0.493 e. The SMILES string of the molecule is COc1ccc(CN2CCN(C(=O)c3cnccn3)CC2)cc1OC. The summed E-state index contributed by atoms with van der Waals surface area (Å²) in [4.78, 5) is 24.6. The van der Waals surface area contributed by atoms with Crippen LogP contribution in [-0.2, 0) is 6.54 Å². The van der Waals surface area contributed by atoms with Gasteiger partial charge in [-0.05, 0) is 17.7 Å². The Kier molecular flexibility index (Phi) is 5.45. The van der Waals surface area contributed by atoms with E-state index in [0.29, 0.717) is 18.8 Å². The number of hydrogen-bond acceptors (Lipinski definition) is 6. The van der Waals surface area contributed by atoms with Gasteiger partial charge in [-0.1, -0.05) is 6.07 Å². The molecule has 7 heteroatoms. The van der Waals surface area contributed by atoms with E-state index in [1.165, 1.54) is 6.20 Å². The number of piperazine rings is 1. The van der Waals surface area contributed by atoms with Crippen molar-refractivity contribution >= 4 is 5.91 Å². The molecule has 0 spiro atoms. The highest BCUT2D eigenvalue weighted by molar-refractivity contribution is 5.92. The maximum absolute atomic E-state index is 12.4. The molecule has 25 heavy (non-hydrogen) atoms. The average molecular weight is 342 g/mol. The molecule has 0 saturated carbocycles. The third-order valence-electron chi connectivity index (χ3n) is 4.30. The first-order chi connectivity index (χ1) is 12.2. The molecule has 0 unspecified atom stereocenters. The Balaban J connectivity index is 1.57. The quantitative estimate of drug-likeness (QED) is 0.819. The van der Waals surface area contributed by atoms with Crippen molar-refractivity contribution in [1.29, 1.82) is 0 Å². The topological polar surface area (TPSA) is 67.8 Å². The standard InChI is InChI=1S/C18H22N4O3/c1-24-16-4-3-14(11-17(16)25-2)13-21-7-9-22(10-8-21)18(23)15-12-19-5-6-20-15/h3-6,11-12H,7-10,13H2,1-2H3. The summed E-state index contributed by atoms with van der Waals surface area (Å²) in [6, 6.07) is 5.95. The van der Waals surface area contributed by atoms with Crippen molar-refractivity contribution < 1.29 is 14.3 Å². The lowest BCUT2D eigenvalue weighted by Gasteiger charge is -2.34. The number of rotatable bonds is 5. The second-order valence-electron chi connectivity index (χ2n) is 5.85. The average Bonchev–Trinajstić information content (AvgIpc) is 2.68. The van der Waals surface area contributed by atoms with Crippen molar-refractivity contribution in [2.24, 2.45) is 0 Å². The summed E-state index contributed by atoms with van der Waals surface area (Å²) in [5.74, 6) is 1.40. The number of ether oxygens (including phenoxy) is 2. The normalized spacial score (nSPS) is 15.0. The second kappa shape index (κ2) is 7.94. The van der Waals surface area contributed by atoms with E-state index in [1.54, 1.807) is 26.6 Å². The van der Waals surface area contributed by atoms with Gasteiger partial charge in [0.2, 0.25) is 0 Å². The van der Waals surface area contributed by atoms with Crippen LogP contribution in [0.2, 0.25) is 0 Å². The zero-order valence-electron chi connectivity index (χ0n) is 14.5. The highest BCUT2D eigenvalue weighted by atomic mass is 16.5. The molecule has 1 aliphatic heterocycles. The number of methoxy groups -OCH3 is 2. The van der Waals surface area contributed by atoms with Gasteiger partial charge in [0.25, 0.3) is 5.91 Å². The van der Waals surface area contributed by atoms with Crippen LogP contribution in [0.1, 0.15) is 16.1 Å². The number of amides is 1. The monoisotopic (exact) mass is 342 g/mol.